The summed E-state index contributed by atoms with van der Waals surface area (Å²) in [7, 11) is 0. The third-order valence-electron chi connectivity index (χ3n) is 2.70. The van der Waals surface area contributed by atoms with Crippen molar-refractivity contribution in [3.05, 3.63) is 34.3 Å². The number of hydrogen-bond donors (Lipinski definition) is 2. The zero-order chi connectivity index (χ0) is 12.8. The third-order valence-corrected chi connectivity index (χ3v) is 3.42. The van der Waals surface area contributed by atoms with Crippen LogP contribution in [0, 0.1) is 0 Å². The van der Waals surface area contributed by atoms with Crippen molar-refractivity contribution < 1.29 is 9.90 Å². The molecule has 3 nitrogen and oxygen atoms in total. The molecule has 1 unspecified atom stereocenters. The summed E-state index contributed by atoms with van der Waals surface area (Å²) in [5.41, 5.74) is 1.19. The largest absolute Gasteiger partial charge is 0.481 e. The molecular weight excluding hydrogens is 282 g/mol. The summed E-state index contributed by atoms with van der Waals surface area (Å²) in [6.45, 7) is 4.09. The van der Waals surface area contributed by atoms with Crippen molar-refractivity contribution >= 4 is 21.9 Å². The summed E-state index contributed by atoms with van der Waals surface area (Å²) < 4.78 is 1.07. The van der Waals surface area contributed by atoms with Crippen molar-refractivity contribution in [2.24, 2.45) is 0 Å². The lowest BCUT2D eigenvalue weighted by Gasteiger charge is -2.20. The smallest absolute Gasteiger partial charge is 0.303 e. The Balaban J connectivity index is 2.51. The number of aliphatic carboxylic acids is 1. The number of carboxylic acids is 1. The minimum atomic E-state index is -0.743. The Bertz CT molecular complexity index is 381. The van der Waals surface area contributed by atoms with Crippen LogP contribution in [0.15, 0.2) is 28.7 Å². The summed E-state index contributed by atoms with van der Waals surface area (Å²) in [4.78, 5) is 10.5. The Morgan fingerprint density at radius 3 is 2.65 bits per heavy atom. The molecule has 0 fully saturated rings. The molecule has 0 bridgehead atoms. The lowest BCUT2D eigenvalue weighted by Crippen LogP contribution is -2.29. The van der Waals surface area contributed by atoms with Crippen LogP contribution in [-0.2, 0) is 4.79 Å². The fraction of sp³-hybridized carbons (Fsp3) is 0.462. The van der Waals surface area contributed by atoms with E-state index in [9.17, 15) is 4.79 Å². The van der Waals surface area contributed by atoms with Crippen LogP contribution in [0.2, 0.25) is 0 Å². The SMILES string of the molecule is CC(CCC(=O)O)N[C@@H](C)c1ccccc1Br. The second kappa shape index (κ2) is 6.77. The summed E-state index contributed by atoms with van der Waals surface area (Å²) in [6.07, 6.45) is 0.848. The van der Waals surface area contributed by atoms with Crippen molar-refractivity contribution in [1.82, 2.24) is 5.32 Å². The maximum atomic E-state index is 10.5. The van der Waals surface area contributed by atoms with Gasteiger partial charge in [-0.05, 0) is 31.9 Å². The van der Waals surface area contributed by atoms with Crippen LogP contribution in [0.3, 0.4) is 0 Å². The molecule has 0 aliphatic rings. The van der Waals surface area contributed by atoms with Gasteiger partial charge in [-0.3, -0.25) is 4.79 Å². The van der Waals surface area contributed by atoms with Crippen LogP contribution in [0.25, 0.3) is 0 Å². The number of nitrogens with one attached hydrogen (secondary N) is 1. The molecule has 0 aromatic heterocycles. The van der Waals surface area contributed by atoms with Gasteiger partial charge >= 0.3 is 5.97 Å². The van der Waals surface area contributed by atoms with E-state index in [0.717, 1.165) is 4.47 Å². The molecule has 0 aliphatic carbocycles. The Labute approximate surface area is 110 Å². The van der Waals surface area contributed by atoms with Gasteiger partial charge in [-0.2, -0.15) is 0 Å². The molecular formula is C13H18BrNO2. The Morgan fingerprint density at radius 1 is 1.41 bits per heavy atom. The molecule has 17 heavy (non-hydrogen) atoms. The van der Waals surface area contributed by atoms with Gasteiger partial charge < -0.3 is 10.4 Å². The summed E-state index contributed by atoms with van der Waals surface area (Å²) in [5.74, 6) is -0.743. The molecule has 0 heterocycles. The van der Waals surface area contributed by atoms with Crippen LogP contribution in [0.4, 0.5) is 0 Å². The molecule has 0 saturated heterocycles. The second-order valence-corrected chi connectivity index (χ2v) is 5.10. The fourth-order valence-corrected chi connectivity index (χ4v) is 2.39. The highest BCUT2D eigenvalue weighted by molar-refractivity contribution is 9.10. The number of carbonyl (C=O) groups is 1. The topological polar surface area (TPSA) is 49.3 Å². The van der Waals surface area contributed by atoms with Crippen LogP contribution in [0.1, 0.15) is 38.3 Å². The highest BCUT2D eigenvalue weighted by Crippen LogP contribution is 2.23. The van der Waals surface area contributed by atoms with Crippen LogP contribution < -0.4 is 5.32 Å². The molecule has 0 saturated carbocycles. The molecule has 0 radical (unpaired) electrons. The van der Waals surface area contributed by atoms with Gasteiger partial charge in [-0.1, -0.05) is 34.1 Å². The van der Waals surface area contributed by atoms with Gasteiger partial charge in [-0.15, -0.1) is 0 Å². The van der Waals surface area contributed by atoms with E-state index in [4.69, 9.17) is 5.11 Å². The van der Waals surface area contributed by atoms with Gasteiger partial charge in [0.05, 0.1) is 0 Å². The average Bonchev–Trinajstić information content (AvgIpc) is 2.26. The maximum Gasteiger partial charge on any atom is 0.303 e. The fourth-order valence-electron chi connectivity index (χ4n) is 1.77. The minimum absolute atomic E-state index is 0.188. The van der Waals surface area contributed by atoms with Crippen LogP contribution >= 0.6 is 15.9 Å². The van der Waals surface area contributed by atoms with E-state index < -0.39 is 5.97 Å². The molecule has 1 aromatic rings. The third kappa shape index (κ3) is 4.88. The first-order valence-corrected chi connectivity index (χ1v) is 6.52. The summed E-state index contributed by atoms with van der Waals surface area (Å²) in [6, 6.07) is 8.44. The average molecular weight is 300 g/mol. The molecule has 4 heteroatoms. The molecule has 2 atom stereocenters. The first-order chi connectivity index (χ1) is 8.00. The number of hydrogen-bond acceptors (Lipinski definition) is 2. The highest BCUT2D eigenvalue weighted by Gasteiger charge is 2.12. The highest BCUT2D eigenvalue weighted by atomic mass is 79.9. The Kier molecular flexibility index (Phi) is 5.65. The summed E-state index contributed by atoms with van der Waals surface area (Å²) >= 11 is 3.51. The van der Waals surface area contributed by atoms with Crippen LogP contribution in [0.5, 0.6) is 0 Å². The van der Waals surface area contributed by atoms with E-state index in [1.54, 1.807) is 0 Å². The van der Waals surface area contributed by atoms with Crippen molar-refractivity contribution in [3.63, 3.8) is 0 Å². The van der Waals surface area contributed by atoms with Gasteiger partial charge in [-0.25, -0.2) is 0 Å². The molecule has 0 spiro atoms. The number of halogens is 1. The van der Waals surface area contributed by atoms with Crippen molar-refractivity contribution in [2.45, 2.75) is 38.8 Å². The van der Waals surface area contributed by atoms with Crippen molar-refractivity contribution in [1.29, 1.82) is 0 Å². The molecule has 0 amide bonds. The van der Waals surface area contributed by atoms with Gasteiger partial charge in [0.2, 0.25) is 0 Å². The Hall–Kier alpha value is -0.870. The van der Waals surface area contributed by atoms with Gasteiger partial charge in [0, 0.05) is 23.0 Å². The lowest BCUT2D eigenvalue weighted by atomic mass is 10.1. The van der Waals surface area contributed by atoms with E-state index in [-0.39, 0.29) is 18.5 Å². The predicted octanol–water partition coefficient (Wildman–Crippen LogP) is 3.35. The van der Waals surface area contributed by atoms with Crippen LogP contribution in [-0.4, -0.2) is 17.1 Å². The number of carboxylic acid groups (broad SMARTS) is 1. The molecule has 1 aromatic carbocycles. The first kappa shape index (κ1) is 14.2. The van der Waals surface area contributed by atoms with E-state index in [2.05, 4.69) is 34.2 Å². The molecule has 0 aliphatic heterocycles. The van der Waals surface area contributed by atoms with Gasteiger partial charge in [0.15, 0.2) is 0 Å². The summed E-state index contributed by atoms with van der Waals surface area (Å²) in [5, 5.41) is 12.0. The zero-order valence-electron chi connectivity index (χ0n) is 10.1. The number of rotatable bonds is 6. The monoisotopic (exact) mass is 299 g/mol. The second-order valence-electron chi connectivity index (χ2n) is 4.24. The lowest BCUT2D eigenvalue weighted by molar-refractivity contribution is -0.137. The molecule has 2 N–H and O–H groups in total. The van der Waals surface area contributed by atoms with E-state index in [1.807, 2.05) is 25.1 Å². The minimum Gasteiger partial charge on any atom is -0.481 e. The van der Waals surface area contributed by atoms with E-state index >= 15 is 0 Å². The van der Waals surface area contributed by atoms with Crippen molar-refractivity contribution in [3.8, 4) is 0 Å². The first-order valence-electron chi connectivity index (χ1n) is 5.73. The van der Waals surface area contributed by atoms with E-state index in [1.165, 1.54) is 5.56 Å². The normalized spacial score (nSPS) is 14.3. The zero-order valence-corrected chi connectivity index (χ0v) is 11.7. The quantitative estimate of drug-likeness (QED) is 0.847. The van der Waals surface area contributed by atoms with E-state index in [0.29, 0.717) is 6.42 Å². The molecule has 94 valence electrons. The predicted molar refractivity (Wildman–Crippen MR) is 72.0 cm³/mol. The molecule has 1 rings (SSSR count). The standard InChI is InChI=1S/C13H18BrNO2/c1-9(7-8-13(16)17)15-10(2)11-5-3-4-6-12(11)14/h3-6,9-10,15H,7-8H2,1-2H3,(H,16,17)/t9?,10-/m0/s1. The van der Waals surface area contributed by atoms with Gasteiger partial charge in [0.25, 0.3) is 0 Å². The Morgan fingerprint density at radius 2 is 2.06 bits per heavy atom. The maximum absolute atomic E-state index is 10.5. The van der Waals surface area contributed by atoms with Gasteiger partial charge in [0.1, 0.15) is 0 Å². The van der Waals surface area contributed by atoms with Crippen molar-refractivity contribution in [2.75, 3.05) is 0 Å². The number of benzene rings is 1.